The van der Waals surface area contributed by atoms with Gasteiger partial charge in [0.1, 0.15) is 18.0 Å². The van der Waals surface area contributed by atoms with Crippen LogP contribution < -0.4 is 10.1 Å². The number of amides is 1. The van der Waals surface area contributed by atoms with Gasteiger partial charge in [-0.15, -0.1) is 0 Å². The van der Waals surface area contributed by atoms with Gasteiger partial charge < -0.3 is 14.8 Å². The van der Waals surface area contributed by atoms with E-state index in [4.69, 9.17) is 9.47 Å². The van der Waals surface area contributed by atoms with Crippen molar-refractivity contribution >= 4 is 5.91 Å². The highest BCUT2D eigenvalue weighted by molar-refractivity contribution is 5.81. The first kappa shape index (κ1) is 18.8. The number of para-hydroxylation sites is 1. The zero-order valence-electron chi connectivity index (χ0n) is 15.1. The molecule has 1 saturated heterocycles. The maximum absolute atomic E-state index is 13.4. The van der Waals surface area contributed by atoms with Gasteiger partial charge in [-0.3, -0.25) is 4.79 Å². The number of hydrogen-bond acceptors (Lipinski definition) is 3. The van der Waals surface area contributed by atoms with Crippen LogP contribution in [0.2, 0.25) is 0 Å². The third-order valence-corrected chi connectivity index (χ3v) is 5.08. The van der Waals surface area contributed by atoms with Gasteiger partial charge in [-0.2, -0.15) is 13.2 Å². The van der Waals surface area contributed by atoms with E-state index < -0.39 is 17.8 Å². The number of carbonyl (C=O) groups is 1. The number of hydrogen-bond donors (Lipinski definition) is 1. The zero-order chi connectivity index (χ0) is 19.7. The fourth-order valence-electron chi connectivity index (χ4n) is 3.74. The molecule has 0 aromatic heterocycles. The van der Waals surface area contributed by atoms with Crippen LogP contribution in [0.3, 0.4) is 0 Å². The molecular weight excluding hydrogens is 371 g/mol. The number of rotatable bonds is 4. The van der Waals surface area contributed by atoms with Gasteiger partial charge >= 0.3 is 6.18 Å². The minimum atomic E-state index is -4.45. The lowest BCUT2D eigenvalue weighted by molar-refractivity contribution is -0.137. The largest absolute Gasteiger partial charge is 0.487 e. The summed E-state index contributed by atoms with van der Waals surface area (Å²) in [5.41, 5.74) is 0.655. The predicted molar refractivity (Wildman–Crippen MR) is 97.0 cm³/mol. The molecule has 4 nitrogen and oxygen atoms in total. The van der Waals surface area contributed by atoms with E-state index in [2.05, 4.69) is 5.32 Å². The number of fused-ring (bicyclic) bond motifs is 1. The van der Waals surface area contributed by atoms with Crippen molar-refractivity contribution in [2.75, 3.05) is 13.2 Å². The molecule has 0 aliphatic carbocycles. The molecule has 1 fully saturated rings. The van der Waals surface area contributed by atoms with Gasteiger partial charge in [0.05, 0.1) is 12.1 Å². The maximum atomic E-state index is 13.4. The molecule has 2 aromatic rings. The first-order valence-electron chi connectivity index (χ1n) is 9.28. The van der Waals surface area contributed by atoms with Crippen LogP contribution in [0.4, 0.5) is 13.2 Å². The van der Waals surface area contributed by atoms with Gasteiger partial charge in [-0.05, 0) is 30.0 Å². The minimum Gasteiger partial charge on any atom is -0.487 e. The molecule has 1 N–H and O–H groups in total. The Kier molecular flexibility index (Phi) is 5.02. The summed E-state index contributed by atoms with van der Waals surface area (Å²) in [6, 6.07) is 10.7. The Hall–Kier alpha value is -2.54. The monoisotopic (exact) mass is 391 g/mol. The summed E-state index contributed by atoms with van der Waals surface area (Å²) in [6.07, 6.45) is -3.09. The summed E-state index contributed by atoms with van der Waals surface area (Å²) in [6.45, 7) is 0.874. The quantitative estimate of drug-likeness (QED) is 0.858. The molecule has 2 unspecified atom stereocenters. The highest BCUT2D eigenvalue weighted by Gasteiger charge is 2.35. The molecule has 2 aliphatic rings. The van der Waals surface area contributed by atoms with Crippen LogP contribution in [0, 0.1) is 0 Å². The smallest absolute Gasteiger partial charge is 0.417 e. The van der Waals surface area contributed by atoms with Crippen LogP contribution >= 0.6 is 0 Å². The van der Waals surface area contributed by atoms with Crippen molar-refractivity contribution in [1.82, 2.24) is 5.32 Å². The Labute approximate surface area is 160 Å². The van der Waals surface area contributed by atoms with Crippen LogP contribution in [0.15, 0.2) is 42.5 Å². The molecule has 28 heavy (non-hydrogen) atoms. The molecule has 1 amide bonds. The number of alkyl halides is 3. The molecular formula is C21H20F3NO3. The lowest BCUT2D eigenvalue weighted by Crippen LogP contribution is -2.40. The van der Waals surface area contributed by atoms with E-state index in [0.29, 0.717) is 30.8 Å². The molecule has 2 atom stereocenters. The van der Waals surface area contributed by atoms with Crippen molar-refractivity contribution in [2.24, 2.45) is 0 Å². The number of benzene rings is 2. The molecule has 2 aromatic carbocycles. The number of carbonyl (C=O) groups excluding carboxylic acids is 1. The molecule has 2 aliphatic heterocycles. The van der Waals surface area contributed by atoms with E-state index in [9.17, 15) is 18.0 Å². The standard InChI is InChI=1S/C21H20F3NO3/c22-21(23,24)17-8-2-1-6-15(17)16-7-3-5-13-11-14(28-19(13)16)12-25-20(26)18-9-4-10-27-18/h1-3,5-8,14,18H,4,9-12H2,(H,25,26). The summed E-state index contributed by atoms with van der Waals surface area (Å²) in [4.78, 5) is 12.1. The molecule has 0 saturated carbocycles. The van der Waals surface area contributed by atoms with Crippen molar-refractivity contribution in [2.45, 2.75) is 37.6 Å². The first-order valence-corrected chi connectivity index (χ1v) is 9.28. The number of halogens is 3. The van der Waals surface area contributed by atoms with E-state index >= 15 is 0 Å². The van der Waals surface area contributed by atoms with Gasteiger partial charge in [0.25, 0.3) is 0 Å². The Bertz CT molecular complexity index is 875. The van der Waals surface area contributed by atoms with E-state index in [0.717, 1.165) is 18.1 Å². The molecule has 0 radical (unpaired) electrons. The summed E-state index contributed by atoms with van der Waals surface area (Å²) in [7, 11) is 0. The Morgan fingerprint density at radius 1 is 1.11 bits per heavy atom. The van der Waals surface area contributed by atoms with Crippen molar-refractivity contribution < 1.29 is 27.4 Å². The van der Waals surface area contributed by atoms with E-state index in [1.165, 1.54) is 12.1 Å². The molecule has 148 valence electrons. The van der Waals surface area contributed by atoms with Crippen LogP contribution in [0.5, 0.6) is 5.75 Å². The summed E-state index contributed by atoms with van der Waals surface area (Å²) in [5, 5.41) is 2.83. The minimum absolute atomic E-state index is 0.0934. The normalized spacial score (nSPS) is 21.2. The highest BCUT2D eigenvalue weighted by Crippen LogP contribution is 2.43. The third-order valence-electron chi connectivity index (χ3n) is 5.08. The summed E-state index contributed by atoms with van der Waals surface area (Å²) in [5.74, 6) is 0.287. The van der Waals surface area contributed by atoms with Crippen LogP contribution in [-0.2, 0) is 22.1 Å². The second-order valence-electron chi connectivity index (χ2n) is 7.03. The van der Waals surface area contributed by atoms with Gasteiger partial charge in [-0.25, -0.2) is 0 Å². The van der Waals surface area contributed by atoms with Gasteiger partial charge in [-0.1, -0.05) is 36.4 Å². The molecule has 2 heterocycles. The van der Waals surface area contributed by atoms with Gasteiger partial charge in [0.2, 0.25) is 5.91 Å². The van der Waals surface area contributed by atoms with Crippen LogP contribution in [0.1, 0.15) is 24.0 Å². The highest BCUT2D eigenvalue weighted by atomic mass is 19.4. The average molecular weight is 391 g/mol. The first-order chi connectivity index (χ1) is 13.4. The zero-order valence-corrected chi connectivity index (χ0v) is 15.1. The lowest BCUT2D eigenvalue weighted by Gasteiger charge is -2.17. The molecule has 4 rings (SSSR count). The third kappa shape index (κ3) is 3.71. The second kappa shape index (κ2) is 7.47. The van der Waals surface area contributed by atoms with Gasteiger partial charge in [0.15, 0.2) is 0 Å². The van der Waals surface area contributed by atoms with E-state index in [-0.39, 0.29) is 24.1 Å². The molecule has 0 bridgehead atoms. The summed E-state index contributed by atoms with van der Waals surface area (Å²) < 4.78 is 51.6. The molecule has 7 heteroatoms. The maximum Gasteiger partial charge on any atom is 0.417 e. The Morgan fingerprint density at radius 3 is 2.64 bits per heavy atom. The number of nitrogens with one attached hydrogen (secondary N) is 1. The van der Waals surface area contributed by atoms with E-state index in [1.54, 1.807) is 18.2 Å². The van der Waals surface area contributed by atoms with Crippen molar-refractivity contribution in [1.29, 1.82) is 0 Å². The fraction of sp³-hybridized carbons (Fsp3) is 0.381. The molecule has 0 spiro atoms. The van der Waals surface area contributed by atoms with Crippen molar-refractivity contribution in [3.05, 3.63) is 53.6 Å². The second-order valence-corrected chi connectivity index (χ2v) is 7.03. The fourth-order valence-corrected chi connectivity index (χ4v) is 3.74. The Morgan fingerprint density at radius 2 is 1.89 bits per heavy atom. The van der Waals surface area contributed by atoms with Crippen molar-refractivity contribution in [3.8, 4) is 16.9 Å². The van der Waals surface area contributed by atoms with Crippen molar-refractivity contribution in [3.63, 3.8) is 0 Å². The predicted octanol–water partition coefficient (Wildman–Crippen LogP) is 3.97. The van der Waals surface area contributed by atoms with Crippen LogP contribution in [0.25, 0.3) is 11.1 Å². The Balaban J connectivity index is 1.53. The average Bonchev–Trinajstić information content (AvgIpc) is 3.34. The topological polar surface area (TPSA) is 47.6 Å². The van der Waals surface area contributed by atoms with Gasteiger partial charge in [0, 0.05) is 18.6 Å². The summed E-state index contributed by atoms with van der Waals surface area (Å²) >= 11 is 0. The van der Waals surface area contributed by atoms with Crippen LogP contribution in [-0.4, -0.2) is 31.3 Å². The SMILES string of the molecule is O=C(NCC1Cc2cccc(-c3ccccc3C(F)(F)F)c2O1)C1CCCO1. The van der Waals surface area contributed by atoms with E-state index in [1.807, 2.05) is 6.07 Å². The lowest BCUT2D eigenvalue weighted by atomic mass is 9.96. The number of ether oxygens (including phenoxy) is 2.